The standard InChI is InChI=1S/C13H10N2O2S/c1-15(10-6-12(13(16)17)18-8-10)11-5-3-2-4-9(11)7-14/h2-6,8H,1H3,(H,16,17). The minimum atomic E-state index is -0.937. The van der Waals surface area contributed by atoms with Crippen molar-refractivity contribution in [1.82, 2.24) is 0 Å². The van der Waals surface area contributed by atoms with E-state index in [4.69, 9.17) is 10.4 Å². The number of benzene rings is 1. The van der Waals surface area contributed by atoms with Crippen LogP contribution in [0.5, 0.6) is 0 Å². The van der Waals surface area contributed by atoms with E-state index in [1.54, 1.807) is 23.6 Å². The highest BCUT2D eigenvalue weighted by atomic mass is 32.1. The van der Waals surface area contributed by atoms with Crippen molar-refractivity contribution in [2.45, 2.75) is 0 Å². The van der Waals surface area contributed by atoms with Gasteiger partial charge < -0.3 is 10.0 Å². The quantitative estimate of drug-likeness (QED) is 0.918. The van der Waals surface area contributed by atoms with Crippen LogP contribution in [0.4, 0.5) is 11.4 Å². The molecule has 1 aromatic heterocycles. The van der Waals surface area contributed by atoms with Crippen molar-refractivity contribution in [3.05, 3.63) is 46.2 Å². The van der Waals surface area contributed by atoms with Crippen LogP contribution >= 0.6 is 11.3 Å². The largest absolute Gasteiger partial charge is 0.477 e. The first-order chi connectivity index (χ1) is 8.63. The molecule has 1 aromatic carbocycles. The van der Waals surface area contributed by atoms with E-state index in [2.05, 4.69) is 6.07 Å². The minimum absolute atomic E-state index is 0.284. The summed E-state index contributed by atoms with van der Waals surface area (Å²) in [5, 5.41) is 19.7. The van der Waals surface area contributed by atoms with Crippen LogP contribution in [0.1, 0.15) is 15.2 Å². The van der Waals surface area contributed by atoms with Crippen molar-refractivity contribution in [3.63, 3.8) is 0 Å². The smallest absolute Gasteiger partial charge is 0.345 e. The highest BCUT2D eigenvalue weighted by molar-refractivity contribution is 7.12. The Morgan fingerprint density at radius 1 is 1.44 bits per heavy atom. The molecule has 0 unspecified atom stereocenters. The Kier molecular flexibility index (Phi) is 3.31. The predicted octanol–water partition coefficient (Wildman–Crippen LogP) is 3.09. The van der Waals surface area contributed by atoms with Gasteiger partial charge >= 0.3 is 5.97 Å². The Morgan fingerprint density at radius 3 is 2.78 bits per heavy atom. The van der Waals surface area contributed by atoms with Crippen LogP contribution in [0.25, 0.3) is 0 Å². The number of nitriles is 1. The topological polar surface area (TPSA) is 64.3 Å². The summed E-state index contributed by atoms with van der Waals surface area (Å²) in [5.41, 5.74) is 2.08. The second kappa shape index (κ2) is 4.90. The van der Waals surface area contributed by atoms with Crippen LogP contribution < -0.4 is 4.90 Å². The zero-order valence-electron chi connectivity index (χ0n) is 9.62. The maximum absolute atomic E-state index is 10.8. The molecule has 0 radical (unpaired) electrons. The lowest BCUT2D eigenvalue weighted by Gasteiger charge is -2.18. The molecule has 2 aromatic rings. The number of thiophene rings is 1. The molecule has 0 saturated heterocycles. The van der Waals surface area contributed by atoms with Gasteiger partial charge in [0.2, 0.25) is 0 Å². The maximum atomic E-state index is 10.8. The zero-order valence-corrected chi connectivity index (χ0v) is 10.4. The van der Waals surface area contributed by atoms with E-state index in [1.807, 2.05) is 24.1 Å². The molecule has 1 N–H and O–H groups in total. The molecule has 0 atom stereocenters. The third-order valence-electron chi connectivity index (χ3n) is 2.57. The second-order valence-electron chi connectivity index (χ2n) is 3.66. The second-order valence-corrected chi connectivity index (χ2v) is 4.57. The monoisotopic (exact) mass is 258 g/mol. The van der Waals surface area contributed by atoms with Gasteiger partial charge in [0.15, 0.2) is 0 Å². The van der Waals surface area contributed by atoms with E-state index < -0.39 is 5.97 Å². The molecular formula is C13H10N2O2S. The molecule has 0 aliphatic heterocycles. The number of carbonyl (C=O) groups is 1. The Hall–Kier alpha value is -2.32. The Balaban J connectivity index is 2.38. The van der Waals surface area contributed by atoms with Gasteiger partial charge in [0, 0.05) is 12.4 Å². The average molecular weight is 258 g/mol. The Morgan fingerprint density at radius 2 is 2.17 bits per heavy atom. The SMILES string of the molecule is CN(c1csc(C(=O)O)c1)c1ccccc1C#N. The lowest BCUT2D eigenvalue weighted by Crippen LogP contribution is -2.10. The molecule has 18 heavy (non-hydrogen) atoms. The van der Waals surface area contributed by atoms with Crippen LogP contribution in [0, 0.1) is 11.3 Å². The number of aromatic carboxylic acids is 1. The molecule has 0 spiro atoms. The Bertz CT molecular complexity index is 628. The van der Waals surface area contributed by atoms with Gasteiger partial charge in [0.25, 0.3) is 0 Å². The van der Waals surface area contributed by atoms with Gasteiger partial charge in [-0.1, -0.05) is 12.1 Å². The lowest BCUT2D eigenvalue weighted by molar-refractivity contribution is 0.0702. The van der Waals surface area contributed by atoms with E-state index in [0.717, 1.165) is 11.4 Å². The number of rotatable bonds is 3. The van der Waals surface area contributed by atoms with Gasteiger partial charge in [-0.05, 0) is 18.2 Å². The molecular weight excluding hydrogens is 248 g/mol. The first-order valence-electron chi connectivity index (χ1n) is 5.18. The predicted molar refractivity (Wildman–Crippen MR) is 70.5 cm³/mol. The summed E-state index contributed by atoms with van der Waals surface area (Å²) >= 11 is 1.17. The molecule has 2 rings (SSSR count). The summed E-state index contributed by atoms with van der Waals surface area (Å²) in [7, 11) is 1.81. The number of hydrogen-bond acceptors (Lipinski definition) is 4. The molecule has 5 heteroatoms. The highest BCUT2D eigenvalue weighted by Gasteiger charge is 2.13. The average Bonchev–Trinajstić information content (AvgIpc) is 2.87. The van der Waals surface area contributed by atoms with Gasteiger partial charge in [-0.15, -0.1) is 11.3 Å². The van der Waals surface area contributed by atoms with Gasteiger partial charge in [-0.3, -0.25) is 0 Å². The maximum Gasteiger partial charge on any atom is 0.345 e. The van der Waals surface area contributed by atoms with Crippen molar-refractivity contribution >= 4 is 28.7 Å². The summed E-state index contributed by atoms with van der Waals surface area (Å²) in [6.45, 7) is 0. The van der Waals surface area contributed by atoms with Crippen molar-refractivity contribution in [3.8, 4) is 6.07 Å². The summed E-state index contributed by atoms with van der Waals surface area (Å²) in [6, 6.07) is 10.9. The molecule has 0 amide bonds. The van der Waals surface area contributed by atoms with Gasteiger partial charge in [0.1, 0.15) is 10.9 Å². The third kappa shape index (κ3) is 2.19. The summed E-state index contributed by atoms with van der Waals surface area (Å²) in [4.78, 5) is 12.9. The van der Waals surface area contributed by atoms with Crippen LogP contribution in [0.3, 0.4) is 0 Å². The van der Waals surface area contributed by atoms with Crippen LogP contribution in [0.2, 0.25) is 0 Å². The fourth-order valence-corrected chi connectivity index (χ4v) is 2.38. The molecule has 0 fully saturated rings. The van der Waals surface area contributed by atoms with Gasteiger partial charge in [-0.2, -0.15) is 5.26 Å². The van der Waals surface area contributed by atoms with Gasteiger partial charge in [-0.25, -0.2) is 4.79 Å². The molecule has 1 heterocycles. The summed E-state index contributed by atoms with van der Waals surface area (Å²) in [5.74, 6) is -0.937. The van der Waals surface area contributed by atoms with E-state index in [-0.39, 0.29) is 4.88 Å². The Labute approximate surface area is 108 Å². The third-order valence-corrected chi connectivity index (χ3v) is 3.48. The first kappa shape index (κ1) is 12.1. The molecule has 4 nitrogen and oxygen atoms in total. The summed E-state index contributed by atoms with van der Waals surface area (Å²) < 4.78 is 0. The highest BCUT2D eigenvalue weighted by Crippen LogP contribution is 2.30. The number of hydrogen-bond donors (Lipinski definition) is 1. The lowest BCUT2D eigenvalue weighted by atomic mass is 10.2. The molecule has 90 valence electrons. The van der Waals surface area contributed by atoms with E-state index >= 15 is 0 Å². The normalized spacial score (nSPS) is 9.78. The van der Waals surface area contributed by atoms with Crippen molar-refractivity contribution < 1.29 is 9.90 Å². The number of para-hydroxylation sites is 1. The first-order valence-corrected chi connectivity index (χ1v) is 6.06. The fourth-order valence-electron chi connectivity index (χ4n) is 1.61. The fraction of sp³-hybridized carbons (Fsp3) is 0.0769. The molecule has 0 saturated carbocycles. The van der Waals surface area contributed by atoms with E-state index in [0.29, 0.717) is 5.56 Å². The zero-order chi connectivity index (χ0) is 13.1. The van der Waals surface area contributed by atoms with Gasteiger partial charge in [0.05, 0.1) is 16.9 Å². The van der Waals surface area contributed by atoms with Crippen molar-refractivity contribution in [1.29, 1.82) is 5.26 Å². The van der Waals surface area contributed by atoms with E-state index in [1.165, 1.54) is 11.3 Å². The van der Waals surface area contributed by atoms with Crippen molar-refractivity contribution in [2.24, 2.45) is 0 Å². The number of carboxylic acids is 1. The number of nitrogens with zero attached hydrogens (tertiary/aromatic N) is 2. The molecule has 0 bridgehead atoms. The number of carboxylic acid groups (broad SMARTS) is 1. The number of anilines is 2. The molecule has 0 aliphatic rings. The molecule has 0 aliphatic carbocycles. The van der Waals surface area contributed by atoms with Crippen molar-refractivity contribution in [2.75, 3.05) is 11.9 Å². The van der Waals surface area contributed by atoms with Crippen LogP contribution in [-0.2, 0) is 0 Å². The summed E-state index contributed by atoms with van der Waals surface area (Å²) in [6.07, 6.45) is 0. The van der Waals surface area contributed by atoms with Crippen LogP contribution in [-0.4, -0.2) is 18.1 Å². The minimum Gasteiger partial charge on any atom is -0.477 e. The van der Waals surface area contributed by atoms with Crippen LogP contribution in [0.15, 0.2) is 35.7 Å². The van der Waals surface area contributed by atoms with E-state index in [9.17, 15) is 4.79 Å².